The second-order valence-corrected chi connectivity index (χ2v) is 3.36. The lowest BCUT2D eigenvalue weighted by Crippen LogP contribution is -1.96. The molecule has 0 aromatic carbocycles. The Bertz CT molecular complexity index is 33.4. The highest BCUT2D eigenvalue weighted by atomic mass is 32.1. The molecule has 0 aliphatic carbocycles. The zero-order valence-electron chi connectivity index (χ0n) is 5.31. The average Bonchev–Trinajstić information content (AvgIpc) is 1.27. The number of rotatable bonds is 2. The second kappa shape index (κ2) is 3.36. The molecule has 0 bridgehead atoms. The topological polar surface area (TPSA) is 0 Å². The minimum Gasteiger partial charge on any atom is -0.176 e. The van der Waals surface area contributed by atoms with Crippen LogP contribution in [-0.2, 0) is 0 Å². The Balaban J connectivity index is 2.95. The van der Waals surface area contributed by atoms with Gasteiger partial charge in [-0.05, 0) is 17.6 Å². The number of thiol groups is 1. The maximum atomic E-state index is 4.24. The van der Waals surface area contributed by atoms with Crippen molar-refractivity contribution >= 4 is 12.6 Å². The molecule has 44 valence electrons. The standard InChI is InChI=1S/C6H14S/c1-5(2)4-6(3)7/h5-7H,4H2,1-3H3. The lowest BCUT2D eigenvalue weighted by atomic mass is 10.1. The van der Waals surface area contributed by atoms with E-state index in [2.05, 4.69) is 33.4 Å². The van der Waals surface area contributed by atoms with Crippen molar-refractivity contribution in [2.75, 3.05) is 0 Å². The summed E-state index contributed by atoms with van der Waals surface area (Å²) in [5.74, 6) is 0.799. The molecule has 1 unspecified atom stereocenters. The van der Waals surface area contributed by atoms with Gasteiger partial charge in [0.25, 0.3) is 0 Å². The molecule has 0 rings (SSSR count). The van der Waals surface area contributed by atoms with E-state index in [9.17, 15) is 0 Å². The van der Waals surface area contributed by atoms with Crippen LogP contribution < -0.4 is 0 Å². The van der Waals surface area contributed by atoms with E-state index < -0.39 is 0 Å². The van der Waals surface area contributed by atoms with E-state index in [1.807, 2.05) is 0 Å². The van der Waals surface area contributed by atoms with Gasteiger partial charge in [0.2, 0.25) is 0 Å². The van der Waals surface area contributed by atoms with E-state index in [1.165, 1.54) is 6.42 Å². The fourth-order valence-corrected chi connectivity index (χ4v) is 1.10. The Morgan fingerprint density at radius 3 is 1.71 bits per heavy atom. The van der Waals surface area contributed by atoms with Crippen LogP contribution in [0.1, 0.15) is 27.2 Å². The third kappa shape index (κ3) is 6.35. The molecule has 0 aliphatic rings. The van der Waals surface area contributed by atoms with Crippen LogP contribution in [0.4, 0.5) is 0 Å². The smallest absolute Gasteiger partial charge is 0.000916 e. The summed E-state index contributed by atoms with van der Waals surface area (Å²) in [6, 6.07) is 0. The Morgan fingerprint density at radius 2 is 1.71 bits per heavy atom. The molecule has 1 heteroatoms. The molecule has 0 aliphatic heterocycles. The van der Waals surface area contributed by atoms with Crippen LogP contribution in [0.25, 0.3) is 0 Å². The van der Waals surface area contributed by atoms with Crippen molar-refractivity contribution < 1.29 is 0 Å². The van der Waals surface area contributed by atoms with Gasteiger partial charge in [0.05, 0.1) is 0 Å². The van der Waals surface area contributed by atoms with Crippen LogP contribution in [0.2, 0.25) is 0 Å². The summed E-state index contributed by atoms with van der Waals surface area (Å²) < 4.78 is 0. The first-order valence-electron chi connectivity index (χ1n) is 2.81. The average molecular weight is 118 g/mol. The van der Waals surface area contributed by atoms with E-state index >= 15 is 0 Å². The van der Waals surface area contributed by atoms with Crippen molar-refractivity contribution in [3.8, 4) is 0 Å². The van der Waals surface area contributed by atoms with E-state index in [0.29, 0.717) is 5.25 Å². The fourth-order valence-electron chi connectivity index (χ4n) is 0.682. The van der Waals surface area contributed by atoms with Crippen LogP contribution in [0.5, 0.6) is 0 Å². The van der Waals surface area contributed by atoms with Crippen molar-refractivity contribution in [2.45, 2.75) is 32.4 Å². The maximum absolute atomic E-state index is 4.24. The molecule has 0 heterocycles. The van der Waals surface area contributed by atoms with Crippen molar-refractivity contribution in [1.29, 1.82) is 0 Å². The molecular weight excluding hydrogens is 104 g/mol. The second-order valence-electron chi connectivity index (χ2n) is 2.48. The van der Waals surface area contributed by atoms with Gasteiger partial charge < -0.3 is 0 Å². The van der Waals surface area contributed by atoms with Crippen LogP contribution in [-0.4, -0.2) is 5.25 Å². The van der Waals surface area contributed by atoms with Crippen molar-refractivity contribution in [2.24, 2.45) is 5.92 Å². The summed E-state index contributed by atoms with van der Waals surface area (Å²) in [7, 11) is 0. The van der Waals surface area contributed by atoms with Gasteiger partial charge in [0.15, 0.2) is 0 Å². The summed E-state index contributed by atoms with van der Waals surface area (Å²) in [6.45, 7) is 6.56. The third-order valence-corrected chi connectivity index (χ3v) is 1.02. The lowest BCUT2D eigenvalue weighted by Gasteiger charge is -2.04. The van der Waals surface area contributed by atoms with Crippen molar-refractivity contribution in [1.82, 2.24) is 0 Å². The molecule has 7 heavy (non-hydrogen) atoms. The Labute approximate surface area is 51.7 Å². The highest BCUT2D eigenvalue weighted by molar-refractivity contribution is 7.80. The highest BCUT2D eigenvalue weighted by Gasteiger charge is 1.96. The molecule has 0 spiro atoms. The molecule has 0 radical (unpaired) electrons. The predicted molar refractivity (Wildman–Crippen MR) is 37.9 cm³/mol. The first-order chi connectivity index (χ1) is 3.13. The van der Waals surface area contributed by atoms with Crippen molar-refractivity contribution in [3.63, 3.8) is 0 Å². The molecule has 1 atom stereocenters. The van der Waals surface area contributed by atoms with Gasteiger partial charge in [-0.3, -0.25) is 0 Å². The molecule has 0 aromatic rings. The largest absolute Gasteiger partial charge is 0.176 e. The van der Waals surface area contributed by atoms with Crippen molar-refractivity contribution in [3.05, 3.63) is 0 Å². The van der Waals surface area contributed by atoms with Gasteiger partial charge in [0, 0.05) is 0 Å². The minimum atomic E-state index is 0.569. The molecule has 0 saturated carbocycles. The Kier molecular flexibility index (Phi) is 3.53. The zero-order valence-corrected chi connectivity index (χ0v) is 6.20. The fraction of sp³-hybridized carbons (Fsp3) is 1.00. The van der Waals surface area contributed by atoms with E-state index in [0.717, 1.165) is 5.92 Å². The summed E-state index contributed by atoms with van der Waals surface area (Å²) in [5, 5.41) is 0.569. The zero-order chi connectivity index (χ0) is 5.86. The molecule has 0 amide bonds. The first-order valence-corrected chi connectivity index (χ1v) is 3.32. The van der Waals surface area contributed by atoms with E-state index in [4.69, 9.17) is 0 Å². The molecule has 0 N–H and O–H groups in total. The Hall–Kier alpha value is 0.350. The van der Waals surface area contributed by atoms with Gasteiger partial charge in [-0.2, -0.15) is 12.6 Å². The molecule has 0 saturated heterocycles. The van der Waals surface area contributed by atoms with Gasteiger partial charge >= 0.3 is 0 Å². The maximum Gasteiger partial charge on any atom is -0.000916 e. The van der Waals surface area contributed by atoms with Gasteiger partial charge in [-0.15, -0.1) is 0 Å². The summed E-state index contributed by atoms with van der Waals surface area (Å²) in [5.41, 5.74) is 0. The van der Waals surface area contributed by atoms with E-state index in [-0.39, 0.29) is 0 Å². The van der Waals surface area contributed by atoms with Gasteiger partial charge in [-0.1, -0.05) is 20.8 Å². The first kappa shape index (κ1) is 7.35. The van der Waals surface area contributed by atoms with Gasteiger partial charge in [-0.25, -0.2) is 0 Å². The summed E-state index contributed by atoms with van der Waals surface area (Å²) in [4.78, 5) is 0. The van der Waals surface area contributed by atoms with Crippen LogP contribution in [0.3, 0.4) is 0 Å². The van der Waals surface area contributed by atoms with Crippen LogP contribution in [0, 0.1) is 5.92 Å². The van der Waals surface area contributed by atoms with E-state index in [1.54, 1.807) is 0 Å². The monoisotopic (exact) mass is 118 g/mol. The highest BCUT2D eigenvalue weighted by Crippen LogP contribution is 2.07. The number of hydrogen-bond acceptors (Lipinski definition) is 1. The quantitative estimate of drug-likeness (QED) is 0.529. The summed E-state index contributed by atoms with van der Waals surface area (Å²) in [6.07, 6.45) is 1.23. The van der Waals surface area contributed by atoms with Crippen LogP contribution >= 0.6 is 12.6 Å². The SMILES string of the molecule is CC(C)CC(C)S. The van der Waals surface area contributed by atoms with Crippen LogP contribution in [0.15, 0.2) is 0 Å². The molecule has 0 nitrogen and oxygen atoms in total. The Morgan fingerprint density at radius 1 is 1.29 bits per heavy atom. The van der Waals surface area contributed by atoms with Gasteiger partial charge in [0.1, 0.15) is 0 Å². The molecular formula is C6H14S. The third-order valence-electron chi connectivity index (χ3n) is 0.813. The molecule has 0 fully saturated rings. The minimum absolute atomic E-state index is 0.569. The predicted octanol–water partition coefficient (Wildman–Crippen LogP) is 2.35. The molecule has 0 aromatic heterocycles. The summed E-state index contributed by atoms with van der Waals surface area (Å²) >= 11 is 4.24. The normalized spacial score (nSPS) is 15.0. The number of hydrogen-bond donors (Lipinski definition) is 1. The lowest BCUT2D eigenvalue weighted by molar-refractivity contribution is 0.586.